The van der Waals surface area contributed by atoms with Crippen LogP contribution in [-0.4, -0.2) is 43.4 Å². The van der Waals surface area contributed by atoms with Crippen LogP contribution in [-0.2, 0) is 14.3 Å². The van der Waals surface area contributed by atoms with Crippen LogP contribution in [0.15, 0.2) is 34.8 Å². The molecule has 1 aromatic rings. The Hall–Kier alpha value is -1.64. The van der Waals surface area contributed by atoms with E-state index < -0.39 is 19.0 Å². The van der Waals surface area contributed by atoms with Gasteiger partial charge in [0.25, 0.3) is 5.91 Å². The third-order valence-electron chi connectivity index (χ3n) is 2.73. The van der Waals surface area contributed by atoms with Crippen LogP contribution in [0.1, 0.15) is 11.3 Å². The first-order chi connectivity index (χ1) is 9.72. The second-order valence-electron chi connectivity index (χ2n) is 4.11. The van der Waals surface area contributed by atoms with Crippen LogP contribution in [0.3, 0.4) is 0 Å². The first-order valence-electron chi connectivity index (χ1n) is 6.13. The van der Waals surface area contributed by atoms with Gasteiger partial charge in [0.1, 0.15) is 7.11 Å². The fraction of sp³-hybridized carbons (Fsp3) is 0.333. The molecule has 2 heterocycles. The summed E-state index contributed by atoms with van der Waals surface area (Å²) >= 11 is 1.39. The zero-order valence-electron chi connectivity index (χ0n) is 11.0. The predicted octanol–water partition coefficient (Wildman–Crippen LogP) is 0.580. The average Bonchev–Trinajstić information content (AvgIpc) is 2.89. The number of carbonyl (C=O) groups excluding carboxylic acids is 1. The van der Waals surface area contributed by atoms with E-state index in [4.69, 9.17) is 9.49 Å². The van der Waals surface area contributed by atoms with Crippen LogP contribution in [0.5, 0.6) is 0 Å². The Balaban J connectivity index is 2.09. The van der Waals surface area contributed by atoms with Crippen molar-refractivity contribution in [2.75, 3.05) is 13.7 Å². The minimum absolute atomic E-state index is 0.183. The monoisotopic (exact) mass is 294 g/mol. The molecule has 106 valence electrons. The topological polar surface area (TPSA) is 80.2 Å². The number of hydrogen-bond acceptors (Lipinski definition) is 6. The predicted molar refractivity (Wildman–Crippen MR) is 77.5 cm³/mol. The smallest absolute Gasteiger partial charge is 0.426 e. The number of oxime groups is 1. The highest BCUT2D eigenvalue weighted by molar-refractivity contribution is 7.13. The van der Waals surface area contributed by atoms with E-state index in [0.717, 1.165) is 0 Å². The molecular formula is C12H15BN2O4S. The van der Waals surface area contributed by atoms with Crippen molar-refractivity contribution in [3.63, 3.8) is 0 Å². The average molecular weight is 294 g/mol. The molecule has 2 N–H and O–H groups in total. The number of amides is 1. The summed E-state index contributed by atoms with van der Waals surface area (Å²) in [4.78, 5) is 17.7. The van der Waals surface area contributed by atoms with Crippen LogP contribution in [0, 0.1) is 0 Å². The molecule has 8 heteroatoms. The number of nitrogens with zero attached hydrogens (tertiary/aromatic N) is 1. The van der Waals surface area contributed by atoms with Gasteiger partial charge in [0.2, 0.25) is 0 Å². The zero-order valence-corrected chi connectivity index (χ0v) is 11.8. The normalized spacial score (nSPS) is 19.6. The lowest BCUT2D eigenvalue weighted by Crippen LogP contribution is -2.49. The molecular weight excluding hydrogens is 279 g/mol. The second kappa shape index (κ2) is 7.23. The van der Waals surface area contributed by atoms with Crippen LogP contribution < -0.4 is 5.32 Å². The lowest BCUT2D eigenvalue weighted by molar-refractivity contribution is -0.115. The number of thiophene rings is 1. The van der Waals surface area contributed by atoms with E-state index in [2.05, 4.69) is 10.5 Å². The van der Waals surface area contributed by atoms with Gasteiger partial charge in [-0.2, -0.15) is 0 Å². The largest absolute Gasteiger partial charge is 0.478 e. The van der Waals surface area contributed by atoms with Crippen molar-refractivity contribution in [3.05, 3.63) is 34.5 Å². The number of rotatable bonds is 4. The Morgan fingerprint density at radius 2 is 2.50 bits per heavy atom. The van der Waals surface area contributed by atoms with Crippen LogP contribution in [0.2, 0.25) is 0 Å². The maximum atomic E-state index is 12.3. The number of hydrogen-bond donors (Lipinski definition) is 2. The lowest BCUT2D eigenvalue weighted by Gasteiger charge is -2.17. The van der Waals surface area contributed by atoms with Crippen LogP contribution in [0.4, 0.5) is 0 Å². The minimum Gasteiger partial charge on any atom is -0.426 e. The van der Waals surface area contributed by atoms with Crippen molar-refractivity contribution >= 4 is 30.1 Å². The fourth-order valence-electron chi connectivity index (χ4n) is 1.77. The van der Waals surface area contributed by atoms with E-state index in [1.165, 1.54) is 18.4 Å². The maximum absolute atomic E-state index is 12.3. The summed E-state index contributed by atoms with van der Waals surface area (Å²) in [5, 5.41) is 18.1. The number of nitrogens with one attached hydrogen (secondary N) is 1. The van der Waals surface area contributed by atoms with Crippen LogP contribution >= 0.6 is 11.3 Å². The summed E-state index contributed by atoms with van der Waals surface area (Å²) in [5.74, 6) is -0.916. The Kier molecular flexibility index (Phi) is 5.34. The Bertz CT molecular complexity index is 504. The van der Waals surface area contributed by atoms with Gasteiger partial charge in [0.05, 0.1) is 10.8 Å². The molecule has 1 amide bonds. The molecule has 0 bridgehead atoms. The van der Waals surface area contributed by atoms with Gasteiger partial charge in [-0.15, -0.1) is 11.3 Å². The zero-order chi connectivity index (χ0) is 14.4. The highest BCUT2D eigenvalue weighted by Gasteiger charge is 2.30. The maximum Gasteiger partial charge on any atom is 0.478 e. The van der Waals surface area contributed by atoms with Gasteiger partial charge in [-0.3, -0.25) is 4.79 Å². The molecule has 0 saturated heterocycles. The third kappa shape index (κ3) is 3.69. The van der Waals surface area contributed by atoms with Gasteiger partial charge >= 0.3 is 7.12 Å². The van der Waals surface area contributed by atoms with Crippen molar-refractivity contribution in [1.29, 1.82) is 0 Å². The van der Waals surface area contributed by atoms with E-state index in [0.29, 0.717) is 17.9 Å². The number of carbonyl (C=O) groups is 1. The van der Waals surface area contributed by atoms with E-state index in [9.17, 15) is 9.82 Å². The summed E-state index contributed by atoms with van der Waals surface area (Å²) in [6, 6.07) is 3.60. The second-order valence-corrected chi connectivity index (χ2v) is 5.06. The van der Waals surface area contributed by atoms with Gasteiger partial charge in [-0.05, 0) is 17.9 Å². The minimum atomic E-state index is -1.04. The van der Waals surface area contributed by atoms with E-state index in [1.807, 2.05) is 17.5 Å². The molecule has 1 aliphatic rings. The summed E-state index contributed by atoms with van der Waals surface area (Å²) in [7, 11) is 0.342. The van der Waals surface area contributed by atoms with Gasteiger partial charge in [-0.1, -0.05) is 23.4 Å². The van der Waals surface area contributed by atoms with Gasteiger partial charge in [0.15, 0.2) is 5.71 Å². The van der Waals surface area contributed by atoms with Crippen molar-refractivity contribution in [2.24, 2.45) is 5.16 Å². The molecule has 0 fully saturated rings. The molecule has 1 aromatic heterocycles. The van der Waals surface area contributed by atoms with Crippen molar-refractivity contribution < 1.29 is 19.3 Å². The third-order valence-corrected chi connectivity index (χ3v) is 3.61. The first-order valence-corrected chi connectivity index (χ1v) is 7.01. The Morgan fingerprint density at radius 1 is 1.65 bits per heavy atom. The van der Waals surface area contributed by atoms with Gasteiger partial charge in [-0.25, -0.2) is 0 Å². The van der Waals surface area contributed by atoms with Crippen molar-refractivity contribution in [2.45, 2.75) is 12.4 Å². The molecule has 6 nitrogen and oxygen atoms in total. The summed E-state index contributed by atoms with van der Waals surface area (Å²) in [6.45, 7) is 0.331. The summed E-state index contributed by atoms with van der Waals surface area (Å²) in [6.07, 6.45) is 4.16. The lowest BCUT2D eigenvalue weighted by atomic mass is 9.77. The molecule has 2 rings (SSSR count). The highest BCUT2D eigenvalue weighted by atomic mass is 32.1. The molecule has 0 saturated carbocycles. The first kappa shape index (κ1) is 14.8. The Morgan fingerprint density at radius 3 is 3.20 bits per heavy atom. The van der Waals surface area contributed by atoms with Gasteiger partial charge < -0.3 is 19.8 Å². The van der Waals surface area contributed by atoms with E-state index >= 15 is 0 Å². The Labute approximate surface area is 121 Å². The summed E-state index contributed by atoms with van der Waals surface area (Å²) in [5.41, 5.74) is 0.183. The van der Waals surface area contributed by atoms with E-state index in [-0.39, 0.29) is 5.71 Å². The molecule has 20 heavy (non-hydrogen) atoms. The quantitative estimate of drug-likeness (QED) is 0.368. The molecule has 0 unspecified atom stereocenters. The molecule has 0 radical (unpaired) electrons. The molecule has 0 aliphatic carbocycles. The standard InChI is InChI=1S/C12H15BN2O4S/c1-18-15-11(9-5-4-8-20-9)12(16)14-10-6-2-3-7-19-13(10)17/h2-5,8,10,17H,6-7H2,1H3,(H,14,16)/b15-11-/t10-/m0/s1. The van der Waals surface area contributed by atoms with Crippen LogP contribution in [0.25, 0.3) is 0 Å². The highest BCUT2D eigenvalue weighted by Crippen LogP contribution is 2.12. The molecule has 0 spiro atoms. The van der Waals surface area contributed by atoms with Crippen molar-refractivity contribution in [3.8, 4) is 0 Å². The SMILES string of the molecule is CO/N=C(\C(=O)N[C@H]1CC=CCOB1O)c1cccs1. The van der Waals surface area contributed by atoms with Gasteiger partial charge in [0, 0.05) is 6.61 Å². The van der Waals surface area contributed by atoms with E-state index in [1.54, 1.807) is 12.1 Å². The summed E-state index contributed by atoms with van der Waals surface area (Å²) < 4.78 is 5.13. The molecule has 1 atom stereocenters. The fourth-order valence-corrected chi connectivity index (χ4v) is 2.47. The molecule has 1 aliphatic heterocycles. The molecule has 0 aromatic carbocycles. The van der Waals surface area contributed by atoms with Crippen molar-refractivity contribution in [1.82, 2.24) is 5.32 Å².